The first-order valence-electron chi connectivity index (χ1n) is 6.97. The van der Waals surface area contributed by atoms with Gasteiger partial charge in [0.2, 0.25) is 0 Å². The van der Waals surface area contributed by atoms with Crippen LogP contribution in [0.3, 0.4) is 0 Å². The van der Waals surface area contributed by atoms with Crippen LogP contribution < -0.4 is 15.8 Å². The summed E-state index contributed by atoms with van der Waals surface area (Å²) in [5.74, 6) is -0.273. The van der Waals surface area contributed by atoms with Gasteiger partial charge < -0.3 is 20.7 Å². The van der Waals surface area contributed by atoms with Gasteiger partial charge in [0.15, 0.2) is 11.7 Å². The van der Waals surface area contributed by atoms with Gasteiger partial charge in [-0.3, -0.25) is 4.99 Å². The van der Waals surface area contributed by atoms with Crippen LogP contribution in [0.15, 0.2) is 29.3 Å². The van der Waals surface area contributed by atoms with E-state index in [1.54, 1.807) is 6.07 Å². The molecule has 0 aliphatic carbocycles. The Balaban J connectivity index is 2.00. The van der Waals surface area contributed by atoms with Crippen molar-refractivity contribution in [2.45, 2.75) is 25.2 Å². The van der Waals surface area contributed by atoms with Crippen LogP contribution in [0.2, 0.25) is 0 Å². The molecule has 8 heteroatoms. The molecule has 3 N–H and O–H groups in total. The number of nitrogens with two attached hydrogens (primary N) is 1. The standard InChI is InChI=1S/C14H19F3N4O/c1-21-8-4-5-10(21)9-19-13(18)20-11-6-2-3-7-12(11)22-14(15,16)17/h2-3,6-7,10H,4-5,8-9H2,1H3,(H3,18,19,20). The Morgan fingerprint density at radius 2 is 2.18 bits per heavy atom. The van der Waals surface area contributed by atoms with Gasteiger partial charge in [-0.15, -0.1) is 13.2 Å². The third-order valence-electron chi connectivity index (χ3n) is 3.52. The molecular formula is C14H19F3N4O. The molecule has 0 saturated carbocycles. The maximum atomic E-state index is 12.3. The summed E-state index contributed by atoms with van der Waals surface area (Å²) in [6.45, 7) is 1.54. The zero-order chi connectivity index (χ0) is 16.2. The third-order valence-corrected chi connectivity index (χ3v) is 3.52. The Morgan fingerprint density at radius 1 is 1.45 bits per heavy atom. The zero-order valence-electron chi connectivity index (χ0n) is 12.2. The number of likely N-dealkylation sites (N-methyl/N-ethyl adjacent to an activating group) is 1. The van der Waals surface area contributed by atoms with Crippen molar-refractivity contribution in [3.63, 3.8) is 0 Å². The average Bonchev–Trinajstić information content (AvgIpc) is 2.83. The summed E-state index contributed by atoms with van der Waals surface area (Å²) in [4.78, 5) is 6.39. The molecule has 0 aromatic heterocycles. The lowest BCUT2D eigenvalue weighted by atomic mass is 10.2. The van der Waals surface area contributed by atoms with Gasteiger partial charge in [-0.1, -0.05) is 12.1 Å². The van der Waals surface area contributed by atoms with E-state index in [9.17, 15) is 13.2 Å². The van der Waals surface area contributed by atoms with Gasteiger partial charge in [0, 0.05) is 6.04 Å². The summed E-state index contributed by atoms with van der Waals surface area (Å²) in [7, 11) is 2.02. The molecule has 1 saturated heterocycles. The Kier molecular flexibility index (Phi) is 5.12. The van der Waals surface area contributed by atoms with E-state index >= 15 is 0 Å². The van der Waals surface area contributed by atoms with E-state index in [4.69, 9.17) is 5.73 Å². The lowest BCUT2D eigenvalue weighted by Crippen LogP contribution is -2.30. The van der Waals surface area contributed by atoms with E-state index in [1.807, 2.05) is 7.05 Å². The number of anilines is 1. The summed E-state index contributed by atoms with van der Waals surface area (Å²) in [6, 6.07) is 6.03. The molecule has 2 rings (SSSR count). The number of hydrogen-bond donors (Lipinski definition) is 2. The van der Waals surface area contributed by atoms with Gasteiger partial charge in [-0.2, -0.15) is 0 Å². The van der Waals surface area contributed by atoms with Gasteiger partial charge in [-0.25, -0.2) is 0 Å². The number of alkyl halides is 3. The molecule has 0 radical (unpaired) electrons. The summed E-state index contributed by atoms with van der Waals surface area (Å²) in [5, 5.41) is 2.66. The molecule has 1 unspecified atom stereocenters. The number of hydrogen-bond acceptors (Lipinski definition) is 3. The third kappa shape index (κ3) is 4.80. The average molecular weight is 316 g/mol. The molecule has 1 heterocycles. The fourth-order valence-electron chi connectivity index (χ4n) is 2.37. The highest BCUT2D eigenvalue weighted by Crippen LogP contribution is 2.29. The van der Waals surface area contributed by atoms with E-state index in [-0.39, 0.29) is 17.4 Å². The Hall–Kier alpha value is -1.96. The maximum absolute atomic E-state index is 12.3. The van der Waals surface area contributed by atoms with Crippen molar-refractivity contribution < 1.29 is 17.9 Å². The Labute approximate surface area is 127 Å². The van der Waals surface area contributed by atoms with Crippen LogP contribution in [0.25, 0.3) is 0 Å². The molecule has 1 aliphatic heterocycles. The fourth-order valence-corrected chi connectivity index (χ4v) is 2.37. The van der Waals surface area contributed by atoms with Crippen molar-refractivity contribution in [3.05, 3.63) is 24.3 Å². The van der Waals surface area contributed by atoms with Crippen LogP contribution in [0.1, 0.15) is 12.8 Å². The minimum absolute atomic E-state index is 0.0681. The van der Waals surface area contributed by atoms with E-state index in [0.717, 1.165) is 19.4 Å². The lowest BCUT2D eigenvalue weighted by Gasteiger charge is -2.18. The number of nitrogens with zero attached hydrogens (tertiary/aromatic N) is 2. The van der Waals surface area contributed by atoms with Gasteiger partial charge >= 0.3 is 6.36 Å². The van der Waals surface area contributed by atoms with Crippen molar-refractivity contribution in [2.75, 3.05) is 25.5 Å². The van der Waals surface area contributed by atoms with Crippen molar-refractivity contribution in [2.24, 2.45) is 10.7 Å². The van der Waals surface area contributed by atoms with Crippen molar-refractivity contribution >= 4 is 11.6 Å². The first-order valence-corrected chi connectivity index (χ1v) is 6.97. The molecular weight excluding hydrogens is 297 g/mol. The fraction of sp³-hybridized carbons (Fsp3) is 0.500. The lowest BCUT2D eigenvalue weighted by molar-refractivity contribution is -0.274. The van der Waals surface area contributed by atoms with E-state index in [1.165, 1.54) is 18.2 Å². The van der Waals surface area contributed by atoms with Crippen molar-refractivity contribution in [1.82, 2.24) is 4.90 Å². The topological polar surface area (TPSA) is 62.9 Å². The van der Waals surface area contributed by atoms with Gasteiger partial charge in [0.1, 0.15) is 0 Å². The van der Waals surface area contributed by atoms with Crippen LogP contribution in [-0.4, -0.2) is 43.4 Å². The molecule has 1 aromatic rings. The Bertz CT molecular complexity index is 533. The van der Waals surface area contributed by atoms with Gasteiger partial charge in [0.05, 0.1) is 12.2 Å². The van der Waals surface area contributed by atoms with Gasteiger partial charge in [-0.05, 0) is 38.6 Å². The molecule has 1 atom stereocenters. The number of aliphatic imine (C=N–C) groups is 1. The first kappa shape index (κ1) is 16.4. The maximum Gasteiger partial charge on any atom is 0.573 e. The van der Waals surface area contributed by atoms with Crippen LogP contribution >= 0.6 is 0 Å². The summed E-state index contributed by atoms with van der Waals surface area (Å²) in [6.07, 6.45) is -2.59. The van der Waals surface area contributed by atoms with E-state index in [2.05, 4.69) is 19.9 Å². The highest BCUT2D eigenvalue weighted by atomic mass is 19.4. The van der Waals surface area contributed by atoms with Crippen LogP contribution in [-0.2, 0) is 0 Å². The highest BCUT2D eigenvalue weighted by molar-refractivity contribution is 5.93. The van der Waals surface area contributed by atoms with Crippen LogP contribution in [0.5, 0.6) is 5.75 Å². The summed E-state index contributed by atoms with van der Waals surface area (Å²) in [5.41, 5.74) is 5.87. The van der Waals surface area contributed by atoms with Crippen LogP contribution in [0, 0.1) is 0 Å². The molecule has 1 aliphatic rings. The summed E-state index contributed by atoms with van der Waals surface area (Å²) < 4.78 is 41.0. The molecule has 0 bridgehead atoms. The number of guanidine groups is 1. The molecule has 1 aromatic carbocycles. The second kappa shape index (κ2) is 6.87. The van der Waals surface area contributed by atoms with Crippen LogP contribution in [0.4, 0.5) is 18.9 Å². The second-order valence-electron chi connectivity index (χ2n) is 5.17. The number of benzene rings is 1. The normalized spacial score (nSPS) is 20.2. The van der Waals surface area contributed by atoms with E-state index < -0.39 is 6.36 Å². The molecule has 0 amide bonds. The first-order chi connectivity index (χ1) is 10.3. The predicted molar refractivity (Wildman–Crippen MR) is 78.9 cm³/mol. The summed E-state index contributed by atoms with van der Waals surface area (Å²) >= 11 is 0. The number of ether oxygens (including phenoxy) is 1. The molecule has 22 heavy (non-hydrogen) atoms. The van der Waals surface area contributed by atoms with Crippen molar-refractivity contribution in [1.29, 1.82) is 0 Å². The quantitative estimate of drug-likeness (QED) is 0.661. The molecule has 1 fully saturated rings. The van der Waals surface area contributed by atoms with E-state index in [0.29, 0.717) is 12.6 Å². The molecule has 122 valence electrons. The second-order valence-corrected chi connectivity index (χ2v) is 5.17. The minimum Gasteiger partial charge on any atom is -0.404 e. The highest BCUT2D eigenvalue weighted by Gasteiger charge is 2.32. The minimum atomic E-state index is -4.75. The monoisotopic (exact) mass is 316 g/mol. The predicted octanol–water partition coefficient (Wildman–Crippen LogP) is 2.41. The largest absolute Gasteiger partial charge is 0.573 e. The number of rotatable bonds is 4. The SMILES string of the molecule is CN1CCCC1CN=C(N)Nc1ccccc1OC(F)(F)F. The molecule has 5 nitrogen and oxygen atoms in total. The van der Waals surface area contributed by atoms with Gasteiger partial charge in [0.25, 0.3) is 0 Å². The smallest absolute Gasteiger partial charge is 0.404 e. The Morgan fingerprint density at radius 3 is 2.82 bits per heavy atom. The molecule has 0 spiro atoms. The van der Waals surface area contributed by atoms with Crippen molar-refractivity contribution in [3.8, 4) is 5.75 Å². The zero-order valence-corrected chi connectivity index (χ0v) is 12.2. The number of likely N-dealkylation sites (tertiary alicyclic amines) is 1. The number of para-hydroxylation sites is 2. The number of halogens is 3. The number of nitrogens with one attached hydrogen (secondary N) is 1.